The molecule has 2 aromatic rings. The molecular formula is C8H8N2OS2. The van der Waals surface area contributed by atoms with Crippen LogP contribution in [0.3, 0.4) is 0 Å². The number of hydrogen-bond donors (Lipinski definition) is 3. The first-order valence-corrected chi connectivity index (χ1v) is 5.05. The third-order valence-electron chi connectivity index (χ3n) is 1.74. The number of aromatic amines is 2. The summed E-state index contributed by atoms with van der Waals surface area (Å²) in [5.74, 6) is 0. The number of nitrogens with one attached hydrogen (secondary N) is 2. The predicted molar refractivity (Wildman–Crippen MR) is 55.2 cm³/mol. The van der Waals surface area contributed by atoms with Crippen molar-refractivity contribution in [1.82, 2.24) is 9.97 Å². The zero-order valence-electron chi connectivity index (χ0n) is 6.70. The molecule has 0 saturated heterocycles. The lowest BCUT2D eigenvalue weighted by Crippen LogP contribution is -1.78. The smallest absolute Gasteiger partial charge is 0.158 e. The van der Waals surface area contributed by atoms with Crippen LogP contribution in [-0.4, -0.2) is 15.1 Å². The maximum Gasteiger partial charge on any atom is 0.158 e. The summed E-state index contributed by atoms with van der Waals surface area (Å²) in [7, 11) is 0. The average molecular weight is 212 g/mol. The molecule has 0 fully saturated rings. The first-order valence-electron chi connectivity index (χ1n) is 3.76. The van der Waals surface area contributed by atoms with Crippen molar-refractivity contribution < 1.29 is 5.11 Å². The maximum absolute atomic E-state index is 8.84. The Morgan fingerprint density at radius 1 is 1.54 bits per heavy atom. The van der Waals surface area contributed by atoms with Gasteiger partial charge in [0, 0.05) is 22.8 Å². The fraction of sp³-hybridized carbons (Fsp3) is 0.125. The largest absolute Gasteiger partial charge is 0.390 e. The van der Waals surface area contributed by atoms with Crippen molar-refractivity contribution in [3.63, 3.8) is 0 Å². The Morgan fingerprint density at radius 3 is 2.92 bits per heavy atom. The molecule has 0 atom stereocenters. The van der Waals surface area contributed by atoms with Gasteiger partial charge in [0.25, 0.3) is 0 Å². The fourth-order valence-corrected chi connectivity index (χ4v) is 1.95. The van der Waals surface area contributed by atoms with Crippen LogP contribution in [0.4, 0.5) is 0 Å². The van der Waals surface area contributed by atoms with Crippen molar-refractivity contribution in [2.45, 2.75) is 6.61 Å². The number of hydrogen-bond acceptors (Lipinski definition) is 3. The summed E-state index contributed by atoms with van der Waals surface area (Å²) >= 11 is 6.47. The standard InChI is InChI=1S/C8H8N2OS2/c11-3-6-1-5(2-9-6)7-4-13-8(12)10-7/h1-2,4,9,11H,3H2,(H,10,12). The molecule has 0 spiro atoms. The fourth-order valence-electron chi connectivity index (χ4n) is 1.11. The summed E-state index contributed by atoms with van der Waals surface area (Å²) in [5, 5.41) is 10.8. The monoisotopic (exact) mass is 212 g/mol. The summed E-state index contributed by atoms with van der Waals surface area (Å²) < 4.78 is 0.766. The lowest BCUT2D eigenvalue weighted by atomic mass is 10.2. The molecule has 0 saturated carbocycles. The average Bonchev–Trinajstić information content (AvgIpc) is 2.71. The molecule has 0 radical (unpaired) electrons. The van der Waals surface area contributed by atoms with Crippen LogP contribution in [0.2, 0.25) is 0 Å². The van der Waals surface area contributed by atoms with Crippen molar-refractivity contribution in [2.24, 2.45) is 0 Å². The normalized spacial score (nSPS) is 10.5. The summed E-state index contributed by atoms with van der Waals surface area (Å²) in [6.45, 7) is 0.0326. The lowest BCUT2D eigenvalue weighted by Gasteiger charge is -1.87. The molecule has 0 aliphatic rings. The summed E-state index contributed by atoms with van der Waals surface area (Å²) in [6, 6.07) is 1.90. The minimum Gasteiger partial charge on any atom is -0.390 e. The van der Waals surface area contributed by atoms with E-state index in [9.17, 15) is 0 Å². The summed E-state index contributed by atoms with van der Waals surface area (Å²) in [5.41, 5.74) is 2.82. The van der Waals surface area contributed by atoms with Crippen molar-refractivity contribution in [2.75, 3.05) is 0 Å². The highest BCUT2D eigenvalue weighted by atomic mass is 32.1. The van der Waals surface area contributed by atoms with E-state index in [1.54, 1.807) is 0 Å². The Hall–Kier alpha value is -0.910. The SMILES string of the molecule is OCc1cc(-c2csc(=S)[nH]2)c[nH]1. The van der Waals surface area contributed by atoms with Crippen LogP contribution in [0.1, 0.15) is 5.69 Å². The number of thiazole rings is 1. The Labute approximate surface area is 84.1 Å². The van der Waals surface area contributed by atoms with Crippen molar-refractivity contribution in [3.8, 4) is 11.3 Å². The van der Waals surface area contributed by atoms with Crippen molar-refractivity contribution >= 4 is 23.6 Å². The number of aromatic nitrogens is 2. The quantitative estimate of drug-likeness (QED) is 0.669. The van der Waals surface area contributed by atoms with E-state index < -0.39 is 0 Å². The highest BCUT2D eigenvalue weighted by Gasteiger charge is 2.01. The number of aliphatic hydroxyl groups excluding tert-OH is 1. The van der Waals surface area contributed by atoms with Gasteiger partial charge in [0.05, 0.1) is 12.3 Å². The molecule has 0 amide bonds. The maximum atomic E-state index is 8.84. The van der Waals surface area contributed by atoms with E-state index in [4.69, 9.17) is 17.3 Å². The zero-order chi connectivity index (χ0) is 9.26. The molecule has 0 unspecified atom stereocenters. The first kappa shape index (κ1) is 8.68. The van der Waals surface area contributed by atoms with Crippen LogP contribution in [0.15, 0.2) is 17.6 Å². The Morgan fingerprint density at radius 2 is 2.38 bits per heavy atom. The van der Waals surface area contributed by atoms with Gasteiger partial charge in [-0.05, 0) is 18.3 Å². The lowest BCUT2D eigenvalue weighted by molar-refractivity contribution is 0.277. The third kappa shape index (κ3) is 1.72. The molecular weight excluding hydrogens is 204 g/mol. The molecule has 3 N–H and O–H groups in total. The van der Waals surface area contributed by atoms with E-state index >= 15 is 0 Å². The van der Waals surface area contributed by atoms with E-state index in [-0.39, 0.29) is 6.61 Å². The van der Waals surface area contributed by atoms with Gasteiger partial charge in [-0.2, -0.15) is 0 Å². The van der Waals surface area contributed by atoms with E-state index in [0.717, 1.165) is 20.9 Å². The van der Waals surface area contributed by atoms with E-state index in [1.165, 1.54) is 11.3 Å². The predicted octanol–water partition coefficient (Wildman–Crippen LogP) is 2.29. The van der Waals surface area contributed by atoms with Crippen LogP contribution in [-0.2, 0) is 6.61 Å². The van der Waals surface area contributed by atoms with Gasteiger partial charge in [0.15, 0.2) is 3.95 Å². The second-order valence-electron chi connectivity index (χ2n) is 2.63. The van der Waals surface area contributed by atoms with Crippen molar-refractivity contribution in [3.05, 3.63) is 27.3 Å². The Balaban J connectivity index is 2.40. The topological polar surface area (TPSA) is 51.8 Å². The van der Waals surface area contributed by atoms with Gasteiger partial charge in [-0.15, -0.1) is 11.3 Å². The molecule has 5 heteroatoms. The molecule has 3 nitrogen and oxygen atoms in total. The van der Waals surface area contributed by atoms with Crippen LogP contribution >= 0.6 is 23.6 Å². The summed E-state index contributed by atoms with van der Waals surface area (Å²) in [4.78, 5) is 6.03. The van der Waals surface area contributed by atoms with Gasteiger partial charge < -0.3 is 15.1 Å². The van der Waals surface area contributed by atoms with Gasteiger partial charge in [-0.25, -0.2) is 0 Å². The highest BCUT2D eigenvalue weighted by Crippen LogP contribution is 2.20. The minimum atomic E-state index is 0.0326. The zero-order valence-corrected chi connectivity index (χ0v) is 8.34. The molecule has 2 rings (SSSR count). The molecule has 0 aromatic carbocycles. The van der Waals surface area contributed by atoms with Gasteiger partial charge >= 0.3 is 0 Å². The van der Waals surface area contributed by atoms with E-state index in [2.05, 4.69) is 9.97 Å². The minimum absolute atomic E-state index is 0.0326. The van der Waals surface area contributed by atoms with Gasteiger partial charge in [-0.3, -0.25) is 0 Å². The van der Waals surface area contributed by atoms with Crippen LogP contribution in [0.25, 0.3) is 11.3 Å². The Bertz CT molecular complexity index is 454. The molecule has 68 valence electrons. The van der Waals surface area contributed by atoms with E-state index in [1.807, 2.05) is 17.6 Å². The molecule has 0 bridgehead atoms. The molecule has 0 aliphatic carbocycles. The second-order valence-corrected chi connectivity index (χ2v) is 4.18. The molecule has 13 heavy (non-hydrogen) atoms. The van der Waals surface area contributed by atoms with Gasteiger partial charge in [0.1, 0.15) is 0 Å². The van der Waals surface area contributed by atoms with Crippen molar-refractivity contribution in [1.29, 1.82) is 0 Å². The molecule has 2 heterocycles. The van der Waals surface area contributed by atoms with E-state index in [0.29, 0.717) is 0 Å². The van der Waals surface area contributed by atoms with Crippen LogP contribution in [0.5, 0.6) is 0 Å². The van der Waals surface area contributed by atoms with Gasteiger partial charge in [-0.1, -0.05) is 0 Å². The van der Waals surface area contributed by atoms with Crippen LogP contribution < -0.4 is 0 Å². The molecule has 0 aliphatic heterocycles. The number of H-pyrrole nitrogens is 2. The van der Waals surface area contributed by atoms with Crippen LogP contribution in [0, 0.1) is 3.95 Å². The van der Waals surface area contributed by atoms with Gasteiger partial charge in [0.2, 0.25) is 0 Å². The Kier molecular flexibility index (Phi) is 2.30. The number of rotatable bonds is 2. The highest BCUT2D eigenvalue weighted by molar-refractivity contribution is 7.73. The molecule has 2 aromatic heterocycles. The summed E-state index contributed by atoms with van der Waals surface area (Å²) in [6.07, 6.45) is 1.85. The number of aliphatic hydroxyl groups is 1. The second kappa shape index (κ2) is 3.45. The first-order chi connectivity index (χ1) is 6.29. The third-order valence-corrected chi connectivity index (χ3v) is 2.81.